The van der Waals surface area contributed by atoms with Crippen LogP contribution in [0.2, 0.25) is 0 Å². The van der Waals surface area contributed by atoms with Crippen LogP contribution in [-0.4, -0.2) is 32.7 Å². The first-order valence-electron chi connectivity index (χ1n) is 6.56. The summed E-state index contributed by atoms with van der Waals surface area (Å²) in [5.41, 5.74) is 1.82. The Morgan fingerprint density at radius 2 is 2.00 bits per heavy atom. The Morgan fingerprint density at radius 1 is 1.33 bits per heavy atom. The van der Waals surface area contributed by atoms with E-state index in [1.807, 2.05) is 44.3 Å². The van der Waals surface area contributed by atoms with Gasteiger partial charge in [0.2, 0.25) is 0 Å². The molecule has 6 nitrogen and oxygen atoms in total. The molecular formula is C14H18N4O2S. The lowest BCUT2D eigenvalue weighted by molar-refractivity contribution is 0.301. The Balaban J connectivity index is 2.37. The molecule has 3 N–H and O–H groups in total. The second kappa shape index (κ2) is 6.55. The first-order valence-corrected chi connectivity index (χ1v) is 6.96. The van der Waals surface area contributed by atoms with E-state index >= 15 is 0 Å². The van der Waals surface area contributed by atoms with Gasteiger partial charge in [-0.05, 0) is 31.3 Å². The van der Waals surface area contributed by atoms with Crippen LogP contribution in [-0.2, 0) is 7.05 Å². The number of aliphatic hydroxyl groups is 1. The highest BCUT2D eigenvalue weighted by molar-refractivity contribution is 7.80. The molecule has 7 heteroatoms. The van der Waals surface area contributed by atoms with Crippen LogP contribution in [0.1, 0.15) is 5.69 Å². The van der Waals surface area contributed by atoms with Gasteiger partial charge in [0.15, 0.2) is 5.11 Å². The smallest absolute Gasteiger partial charge is 0.295 e. The van der Waals surface area contributed by atoms with Crippen LogP contribution in [0.3, 0.4) is 0 Å². The maximum atomic E-state index is 12.6. The van der Waals surface area contributed by atoms with Gasteiger partial charge in [-0.25, -0.2) is 4.68 Å². The van der Waals surface area contributed by atoms with Crippen LogP contribution in [0.5, 0.6) is 0 Å². The summed E-state index contributed by atoms with van der Waals surface area (Å²) in [4.78, 5) is 12.6. The molecule has 2 aromatic rings. The van der Waals surface area contributed by atoms with Gasteiger partial charge in [-0.15, -0.1) is 0 Å². The standard InChI is InChI=1S/C14H18N4O2S/c1-10-12(16-14(21)15-8-9-19)13(20)18(17(10)2)11-6-4-3-5-7-11/h3-7,19H,8-9H2,1-2H3,(H2,15,16,21). The van der Waals surface area contributed by atoms with Crippen molar-refractivity contribution in [1.29, 1.82) is 0 Å². The number of hydrogen-bond acceptors (Lipinski definition) is 3. The number of nitrogens with zero attached hydrogens (tertiary/aromatic N) is 2. The Kier molecular flexibility index (Phi) is 4.77. The molecule has 0 aliphatic rings. The summed E-state index contributed by atoms with van der Waals surface area (Å²) in [6.07, 6.45) is 0. The quantitative estimate of drug-likeness (QED) is 0.728. The van der Waals surface area contributed by atoms with Crippen LogP contribution in [0.25, 0.3) is 5.69 Å². The predicted molar refractivity (Wildman–Crippen MR) is 87.1 cm³/mol. The van der Waals surface area contributed by atoms with Crippen molar-refractivity contribution < 1.29 is 5.11 Å². The number of rotatable bonds is 4. The molecule has 0 radical (unpaired) electrons. The molecule has 0 saturated carbocycles. The molecule has 0 atom stereocenters. The summed E-state index contributed by atoms with van der Waals surface area (Å²) in [5.74, 6) is 0. The van der Waals surface area contributed by atoms with Gasteiger partial charge in [0.05, 0.1) is 18.0 Å². The third-order valence-corrected chi connectivity index (χ3v) is 3.44. The number of thiocarbonyl (C=S) groups is 1. The number of para-hydroxylation sites is 1. The van der Waals surface area contributed by atoms with E-state index in [4.69, 9.17) is 17.3 Å². The summed E-state index contributed by atoms with van der Waals surface area (Å²) in [6, 6.07) is 9.40. The zero-order valence-corrected chi connectivity index (χ0v) is 12.8. The lowest BCUT2D eigenvalue weighted by atomic mass is 10.3. The van der Waals surface area contributed by atoms with Crippen molar-refractivity contribution in [2.45, 2.75) is 6.92 Å². The molecule has 0 saturated heterocycles. The number of benzene rings is 1. The molecule has 0 amide bonds. The minimum atomic E-state index is -0.172. The van der Waals surface area contributed by atoms with Crippen molar-refractivity contribution in [3.8, 4) is 5.69 Å². The topological polar surface area (TPSA) is 71.2 Å². The third-order valence-electron chi connectivity index (χ3n) is 3.19. The molecule has 21 heavy (non-hydrogen) atoms. The second-order valence-corrected chi connectivity index (χ2v) is 4.95. The summed E-state index contributed by atoms with van der Waals surface area (Å²) in [7, 11) is 1.82. The van der Waals surface area contributed by atoms with Crippen molar-refractivity contribution in [3.05, 3.63) is 46.4 Å². The molecule has 0 fully saturated rings. The number of aromatic nitrogens is 2. The normalized spacial score (nSPS) is 10.4. The Bertz CT molecular complexity index is 691. The molecule has 0 aliphatic heterocycles. The fraction of sp³-hybridized carbons (Fsp3) is 0.286. The zero-order chi connectivity index (χ0) is 15.4. The van der Waals surface area contributed by atoms with E-state index in [1.54, 1.807) is 9.36 Å². The van der Waals surface area contributed by atoms with Crippen molar-refractivity contribution in [1.82, 2.24) is 14.7 Å². The molecule has 0 bridgehead atoms. The molecule has 0 unspecified atom stereocenters. The van der Waals surface area contributed by atoms with E-state index in [2.05, 4.69) is 10.6 Å². The summed E-state index contributed by atoms with van der Waals surface area (Å²) >= 11 is 5.10. The highest BCUT2D eigenvalue weighted by Gasteiger charge is 2.16. The maximum absolute atomic E-state index is 12.6. The third kappa shape index (κ3) is 3.14. The molecule has 112 valence electrons. The van der Waals surface area contributed by atoms with Crippen LogP contribution in [0.4, 0.5) is 5.69 Å². The number of hydrogen-bond donors (Lipinski definition) is 3. The molecule has 1 aromatic heterocycles. The van der Waals surface area contributed by atoms with Gasteiger partial charge in [-0.2, -0.15) is 0 Å². The SMILES string of the molecule is Cc1c(NC(=S)NCCO)c(=O)n(-c2ccccc2)n1C. The van der Waals surface area contributed by atoms with E-state index in [0.29, 0.717) is 17.3 Å². The number of anilines is 1. The molecule has 1 aromatic carbocycles. The van der Waals surface area contributed by atoms with E-state index < -0.39 is 0 Å². The van der Waals surface area contributed by atoms with Crippen LogP contribution < -0.4 is 16.2 Å². The van der Waals surface area contributed by atoms with E-state index in [9.17, 15) is 4.79 Å². The minimum Gasteiger partial charge on any atom is -0.395 e. The summed E-state index contributed by atoms with van der Waals surface area (Å²) in [5, 5.41) is 14.8. The minimum absolute atomic E-state index is 0.0240. The monoisotopic (exact) mass is 306 g/mol. The Labute approximate surface area is 128 Å². The van der Waals surface area contributed by atoms with Crippen LogP contribution in [0, 0.1) is 6.92 Å². The van der Waals surface area contributed by atoms with Crippen molar-refractivity contribution in [3.63, 3.8) is 0 Å². The average Bonchev–Trinajstić information content (AvgIpc) is 2.70. The fourth-order valence-electron chi connectivity index (χ4n) is 2.04. The maximum Gasteiger partial charge on any atom is 0.295 e. The molecular weight excluding hydrogens is 288 g/mol. The lowest BCUT2D eigenvalue weighted by Gasteiger charge is -2.08. The Hall–Kier alpha value is -2.12. The highest BCUT2D eigenvalue weighted by atomic mass is 32.1. The fourth-order valence-corrected chi connectivity index (χ4v) is 2.24. The van der Waals surface area contributed by atoms with Gasteiger partial charge in [0.25, 0.3) is 5.56 Å². The van der Waals surface area contributed by atoms with Gasteiger partial charge in [0, 0.05) is 13.6 Å². The molecule has 2 rings (SSSR count). The van der Waals surface area contributed by atoms with Crippen LogP contribution >= 0.6 is 12.2 Å². The van der Waals surface area contributed by atoms with Gasteiger partial charge in [-0.3, -0.25) is 9.48 Å². The largest absolute Gasteiger partial charge is 0.395 e. The molecule has 0 aliphatic carbocycles. The molecule has 0 spiro atoms. The van der Waals surface area contributed by atoms with Crippen molar-refractivity contribution >= 4 is 23.0 Å². The summed E-state index contributed by atoms with van der Waals surface area (Å²) < 4.78 is 3.35. The summed E-state index contributed by atoms with van der Waals surface area (Å²) in [6.45, 7) is 2.16. The first-order chi connectivity index (χ1) is 10.1. The van der Waals surface area contributed by atoms with Crippen molar-refractivity contribution in [2.75, 3.05) is 18.5 Å². The molecule has 1 heterocycles. The van der Waals surface area contributed by atoms with E-state index in [1.165, 1.54) is 0 Å². The van der Waals surface area contributed by atoms with Gasteiger partial charge in [-0.1, -0.05) is 18.2 Å². The van der Waals surface area contributed by atoms with Gasteiger partial charge < -0.3 is 15.7 Å². The van der Waals surface area contributed by atoms with Crippen LogP contribution in [0.15, 0.2) is 35.1 Å². The Morgan fingerprint density at radius 3 is 2.62 bits per heavy atom. The zero-order valence-electron chi connectivity index (χ0n) is 12.0. The highest BCUT2D eigenvalue weighted by Crippen LogP contribution is 2.13. The van der Waals surface area contributed by atoms with E-state index in [-0.39, 0.29) is 12.2 Å². The number of nitrogens with one attached hydrogen (secondary N) is 2. The number of aliphatic hydroxyl groups excluding tert-OH is 1. The predicted octanol–water partition coefficient (Wildman–Crippen LogP) is 0.763. The van der Waals surface area contributed by atoms with Gasteiger partial charge in [0.1, 0.15) is 5.69 Å². The van der Waals surface area contributed by atoms with Crippen molar-refractivity contribution in [2.24, 2.45) is 7.05 Å². The average molecular weight is 306 g/mol. The lowest BCUT2D eigenvalue weighted by Crippen LogP contribution is -2.32. The second-order valence-electron chi connectivity index (χ2n) is 4.54. The van der Waals surface area contributed by atoms with Gasteiger partial charge >= 0.3 is 0 Å². The van der Waals surface area contributed by atoms with E-state index in [0.717, 1.165) is 11.4 Å². The first kappa shape index (κ1) is 15.3.